The predicted molar refractivity (Wildman–Crippen MR) is 81.0 cm³/mol. The third-order valence-electron chi connectivity index (χ3n) is 3.04. The van der Waals surface area contributed by atoms with Crippen LogP contribution >= 0.6 is 7.80 Å². The van der Waals surface area contributed by atoms with Gasteiger partial charge in [0.2, 0.25) is 0 Å². The molecule has 0 saturated heterocycles. The van der Waals surface area contributed by atoms with Crippen molar-refractivity contribution in [2.75, 3.05) is 14.2 Å². The Labute approximate surface area is 120 Å². The number of rotatable bonds is 6. The Hall–Kier alpha value is -1.86. The zero-order chi connectivity index (χ0) is 14.4. The largest absolute Gasteiger partial charge is 0.497 e. The van der Waals surface area contributed by atoms with Crippen LogP contribution in [0.3, 0.4) is 0 Å². The van der Waals surface area contributed by atoms with Crippen LogP contribution in [-0.4, -0.2) is 14.2 Å². The molecule has 0 unspecified atom stereocenters. The molecule has 2 aromatic carbocycles. The molecule has 2 aromatic rings. The molecule has 0 N–H and O–H groups in total. The van der Waals surface area contributed by atoms with Crippen molar-refractivity contribution >= 4 is 7.80 Å². The Morgan fingerprint density at radius 1 is 0.750 bits per heavy atom. The summed E-state index contributed by atoms with van der Waals surface area (Å²) in [7, 11) is 1.98. The number of hydrogen-bond donors (Lipinski definition) is 0. The lowest BCUT2D eigenvalue weighted by molar-refractivity contribution is 0.414. The molecule has 4 heteroatoms. The summed E-state index contributed by atoms with van der Waals surface area (Å²) < 4.78 is 22.4. The van der Waals surface area contributed by atoms with Crippen molar-refractivity contribution in [1.82, 2.24) is 0 Å². The van der Waals surface area contributed by atoms with Gasteiger partial charge in [0.05, 0.1) is 14.2 Å². The fourth-order valence-electron chi connectivity index (χ4n) is 1.93. The van der Waals surface area contributed by atoms with E-state index in [1.807, 2.05) is 48.5 Å². The Kier molecular flexibility index (Phi) is 5.14. The maximum atomic E-state index is 12.2. The van der Waals surface area contributed by atoms with E-state index in [-0.39, 0.29) is 0 Å². The van der Waals surface area contributed by atoms with Crippen molar-refractivity contribution < 1.29 is 14.0 Å². The minimum atomic E-state index is -1.29. The minimum absolute atomic E-state index is 0.589. The van der Waals surface area contributed by atoms with Gasteiger partial charge in [-0.05, 0) is 35.4 Å². The van der Waals surface area contributed by atoms with Crippen molar-refractivity contribution in [3.8, 4) is 11.5 Å². The SMILES string of the molecule is COc1ccc(C[P+](=O)Cc2ccc(OC)cc2)cc1. The van der Waals surface area contributed by atoms with Gasteiger partial charge in [-0.15, -0.1) is 0 Å². The van der Waals surface area contributed by atoms with Crippen molar-refractivity contribution in [2.24, 2.45) is 0 Å². The number of benzene rings is 2. The summed E-state index contributed by atoms with van der Waals surface area (Å²) in [5.41, 5.74) is 2.14. The Morgan fingerprint density at radius 3 is 1.40 bits per heavy atom. The van der Waals surface area contributed by atoms with Crippen LogP contribution in [0.5, 0.6) is 11.5 Å². The Bertz CT molecular complexity index is 510. The summed E-state index contributed by atoms with van der Waals surface area (Å²) in [5.74, 6) is 1.64. The summed E-state index contributed by atoms with van der Waals surface area (Å²) in [6, 6.07) is 15.4. The smallest absolute Gasteiger partial charge is 0.348 e. The van der Waals surface area contributed by atoms with Gasteiger partial charge in [0.25, 0.3) is 0 Å². The number of hydrogen-bond acceptors (Lipinski definition) is 3. The molecule has 0 amide bonds. The fourth-order valence-corrected chi connectivity index (χ4v) is 3.27. The minimum Gasteiger partial charge on any atom is -0.497 e. The van der Waals surface area contributed by atoms with Crippen LogP contribution in [0, 0.1) is 0 Å². The van der Waals surface area contributed by atoms with Crippen LogP contribution < -0.4 is 9.47 Å². The van der Waals surface area contributed by atoms with Crippen molar-refractivity contribution in [3.05, 3.63) is 59.7 Å². The highest BCUT2D eigenvalue weighted by Gasteiger charge is 2.17. The standard InChI is InChI=1S/C16H18O3P/c1-18-15-7-3-13(4-8-15)11-20(17)12-14-5-9-16(19-2)10-6-14/h3-10H,11-12H2,1-2H3/q+1. The summed E-state index contributed by atoms with van der Waals surface area (Å²) >= 11 is 0. The lowest BCUT2D eigenvalue weighted by Crippen LogP contribution is -1.87. The van der Waals surface area contributed by atoms with Crippen LogP contribution in [0.2, 0.25) is 0 Å². The van der Waals surface area contributed by atoms with Crippen LogP contribution in [0.15, 0.2) is 48.5 Å². The molecule has 0 aliphatic heterocycles. The summed E-state index contributed by atoms with van der Waals surface area (Å²) in [5, 5.41) is 0. The van der Waals surface area contributed by atoms with Crippen LogP contribution in [0.4, 0.5) is 0 Å². The molecule has 0 aliphatic carbocycles. The second-order valence-corrected chi connectivity index (χ2v) is 6.09. The number of ether oxygens (including phenoxy) is 2. The average Bonchev–Trinajstić information content (AvgIpc) is 2.49. The maximum absolute atomic E-state index is 12.2. The highest BCUT2D eigenvalue weighted by molar-refractivity contribution is 7.42. The third kappa shape index (κ3) is 4.07. The van der Waals surface area contributed by atoms with E-state index >= 15 is 0 Å². The molecular weight excluding hydrogens is 271 g/mol. The zero-order valence-corrected chi connectivity index (χ0v) is 12.6. The molecular formula is C16H18O3P+. The van der Waals surface area contributed by atoms with E-state index in [1.165, 1.54) is 0 Å². The second-order valence-electron chi connectivity index (χ2n) is 4.49. The van der Waals surface area contributed by atoms with Crippen LogP contribution in [-0.2, 0) is 16.9 Å². The van der Waals surface area contributed by atoms with Crippen molar-refractivity contribution in [2.45, 2.75) is 12.3 Å². The lowest BCUT2D eigenvalue weighted by Gasteiger charge is -2.00. The first kappa shape index (κ1) is 14.5. The molecule has 104 valence electrons. The van der Waals surface area contributed by atoms with E-state index in [2.05, 4.69) is 0 Å². The van der Waals surface area contributed by atoms with E-state index in [1.54, 1.807) is 14.2 Å². The van der Waals surface area contributed by atoms with Gasteiger partial charge in [0.15, 0.2) is 12.3 Å². The first-order valence-corrected chi connectivity index (χ1v) is 8.02. The Morgan fingerprint density at radius 2 is 1.10 bits per heavy atom. The second kappa shape index (κ2) is 7.06. The molecule has 0 heterocycles. The summed E-state index contributed by atoms with van der Waals surface area (Å²) in [6.07, 6.45) is 1.18. The summed E-state index contributed by atoms with van der Waals surface area (Å²) in [4.78, 5) is 0. The van der Waals surface area contributed by atoms with E-state index in [0.717, 1.165) is 22.6 Å². The first-order chi connectivity index (χ1) is 9.71. The van der Waals surface area contributed by atoms with Crippen LogP contribution in [0.1, 0.15) is 11.1 Å². The highest BCUT2D eigenvalue weighted by atomic mass is 31.1. The van der Waals surface area contributed by atoms with E-state index in [9.17, 15) is 4.57 Å². The normalized spacial score (nSPS) is 10.1. The highest BCUT2D eigenvalue weighted by Crippen LogP contribution is 2.32. The van der Waals surface area contributed by atoms with Gasteiger partial charge in [-0.2, -0.15) is 0 Å². The van der Waals surface area contributed by atoms with Gasteiger partial charge < -0.3 is 9.47 Å². The molecule has 0 bridgehead atoms. The van der Waals surface area contributed by atoms with E-state index in [0.29, 0.717) is 12.3 Å². The van der Waals surface area contributed by atoms with Gasteiger partial charge in [0.1, 0.15) is 11.5 Å². The topological polar surface area (TPSA) is 35.5 Å². The molecule has 20 heavy (non-hydrogen) atoms. The molecule has 0 atom stereocenters. The Balaban J connectivity index is 1.93. The third-order valence-corrected chi connectivity index (χ3v) is 4.47. The molecule has 2 rings (SSSR count). The number of methoxy groups -OCH3 is 2. The maximum Gasteiger partial charge on any atom is 0.348 e. The van der Waals surface area contributed by atoms with E-state index < -0.39 is 7.80 Å². The van der Waals surface area contributed by atoms with Crippen molar-refractivity contribution in [3.63, 3.8) is 0 Å². The van der Waals surface area contributed by atoms with Gasteiger partial charge in [0, 0.05) is 0 Å². The van der Waals surface area contributed by atoms with Crippen LogP contribution in [0.25, 0.3) is 0 Å². The molecule has 0 radical (unpaired) electrons. The molecule has 0 spiro atoms. The van der Waals surface area contributed by atoms with Gasteiger partial charge in [-0.25, -0.2) is 0 Å². The van der Waals surface area contributed by atoms with Gasteiger partial charge >= 0.3 is 7.80 Å². The fraction of sp³-hybridized carbons (Fsp3) is 0.250. The molecule has 0 aliphatic rings. The summed E-state index contributed by atoms with van der Waals surface area (Å²) in [6.45, 7) is 0. The molecule has 0 fully saturated rings. The van der Waals surface area contributed by atoms with Gasteiger partial charge in [-0.1, -0.05) is 28.8 Å². The molecule has 0 aromatic heterocycles. The monoisotopic (exact) mass is 289 g/mol. The zero-order valence-electron chi connectivity index (χ0n) is 11.7. The predicted octanol–water partition coefficient (Wildman–Crippen LogP) is 4.23. The van der Waals surface area contributed by atoms with Crippen molar-refractivity contribution in [1.29, 1.82) is 0 Å². The first-order valence-electron chi connectivity index (χ1n) is 6.39. The average molecular weight is 289 g/mol. The molecule has 0 saturated carbocycles. The van der Waals surface area contributed by atoms with E-state index in [4.69, 9.17) is 9.47 Å². The van der Waals surface area contributed by atoms with Gasteiger partial charge in [-0.3, -0.25) is 0 Å². The molecule has 3 nitrogen and oxygen atoms in total. The quantitative estimate of drug-likeness (QED) is 0.746. The lowest BCUT2D eigenvalue weighted by atomic mass is 10.2.